The maximum Gasteiger partial charge on any atom is 0.318 e. The molecule has 5 heteroatoms. The highest BCUT2D eigenvalue weighted by Crippen LogP contribution is 2.47. The van der Waals surface area contributed by atoms with Crippen LogP contribution in [0.3, 0.4) is 0 Å². The van der Waals surface area contributed by atoms with Gasteiger partial charge in [0.15, 0.2) is 0 Å². The van der Waals surface area contributed by atoms with Gasteiger partial charge in [-0.3, -0.25) is 9.36 Å². The lowest BCUT2D eigenvalue weighted by Crippen LogP contribution is -2.14. The predicted octanol–water partition coefficient (Wildman–Crippen LogP) is 2.44. The van der Waals surface area contributed by atoms with Crippen LogP contribution < -0.4 is 0 Å². The van der Waals surface area contributed by atoms with Crippen LogP contribution in [0.25, 0.3) is 0 Å². The van der Waals surface area contributed by atoms with Crippen molar-refractivity contribution < 1.29 is 19.0 Å². The van der Waals surface area contributed by atoms with E-state index >= 15 is 0 Å². The minimum absolute atomic E-state index is 0.279. The summed E-state index contributed by atoms with van der Waals surface area (Å²) in [6.07, 6.45) is 0.997. The van der Waals surface area contributed by atoms with Crippen LogP contribution in [-0.2, 0) is 13.9 Å². The normalized spacial score (nSPS) is 15.7. The van der Waals surface area contributed by atoms with Gasteiger partial charge < -0.3 is 9.63 Å². The van der Waals surface area contributed by atoms with E-state index in [2.05, 4.69) is 11.8 Å². The minimum atomic E-state index is -2.65. The molecule has 0 aromatic heterocycles. The number of carbonyl (C=O) groups is 1. The monoisotopic (exact) mass is 246 g/mol. The molecule has 0 aliphatic carbocycles. The molecule has 0 spiro atoms. The predicted molar refractivity (Wildman–Crippen MR) is 63.8 cm³/mol. The summed E-state index contributed by atoms with van der Waals surface area (Å²) in [5, 5.41) is 8.87. The standard InChI is InChI=1S/C11H19O4P/c1-4-7-10(11(12)13)8-9-16(14,6-3)15-5-2/h10H,5-6,8-9H2,1-3H3,(H,12,13). The SMILES string of the molecule is CC#CC(CCP(=O)(CC)OCC)C(=O)O. The van der Waals surface area contributed by atoms with Crippen molar-refractivity contribution in [2.45, 2.75) is 27.2 Å². The van der Waals surface area contributed by atoms with Gasteiger partial charge in [0.25, 0.3) is 0 Å². The van der Waals surface area contributed by atoms with Crippen LogP contribution in [0.2, 0.25) is 0 Å². The first-order chi connectivity index (χ1) is 7.49. The van der Waals surface area contributed by atoms with Crippen molar-refractivity contribution in [2.75, 3.05) is 18.9 Å². The van der Waals surface area contributed by atoms with Gasteiger partial charge >= 0.3 is 5.97 Å². The largest absolute Gasteiger partial charge is 0.480 e. The summed E-state index contributed by atoms with van der Waals surface area (Å²) >= 11 is 0. The summed E-state index contributed by atoms with van der Waals surface area (Å²) in [5.74, 6) is 3.46. The highest BCUT2D eigenvalue weighted by atomic mass is 31.2. The van der Waals surface area contributed by atoms with Crippen LogP contribution in [0.15, 0.2) is 0 Å². The van der Waals surface area contributed by atoms with Crippen LogP contribution >= 0.6 is 7.37 Å². The van der Waals surface area contributed by atoms with Crippen molar-refractivity contribution in [3.05, 3.63) is 0 Å². The molecular formula is C11H19O4P. The Kier molecular flexibility index (Phi) is 7.12. The van der Waals surface area contributed by atoms with Gasteiger partial charge in [0.2, 0.25) is 7.37 Å². The smallest absolute Gasteiger partial charge is 0.318 e. The van der Waals surface area contributed by atoms with Crippen LogP contribution in [0.5, 0.6) is 0 Å². The molecular weight excluding hydrogens is 227 g/mol. The van der Waals surface area contributed by atoms with E-state index in [-0.39, 0.29) is 12.6 Å². The molecule has 0 bridgehead atoms. The second-order valence-electron chi connectivity index (χ2n) is 3.35. The van der Waals surface area contributed by atoms with Gasteiger partial charge in [0.05, 0.1) is 6.61 Å². The fourth-order valence-corrected chi connectivity index (χ4v) is 3.06. The van der Waals surface area contributed by atoms with Gasteiger partial charge in [-0.05, 0) is 20.3 Å². The van der Waals surface area contributed by atoms with Gasteiger partial charge in [-0.1, -0.05) is 12.8 Å². The summed E-state index contributed by atoms with van der Waals surface area (Å²) < 4.78 is 17.3. The molecule has 1 N–H and O–H groups in total. The summed E-state index contributed by atoms with van der Waals surface area (Å²) in [6.45, 7) is 5.56. The topological polar surface area (TPSA) is 63.6 Å². The maximum atomic E-state index is 12.0. The molecule has 0 rings (SSSR count). The Morgan fingerprint density at radius 3 is 2.50 bits per heavy atom. The third kappa shape index (κ3) is 5.34. The Labute approximate surface area is 96.8 Å². The molecule has 0 saturated heterocycles. The molecule has 0 aliphatic rings. The summed E-state index contributed by atoms with van der Waals surface area (Å²) in [6, 6.07) is 0. The van der Waals surface area contributed by atoms with E-state index < -0.39 is 19.3 Å². The zero-order chi connectivity index (χ0) is 12.6. The van der Waals surface area contributed by atoms with E-state index in [4.69, 9.17) is 9.63 Å². The molecule has 0 saturated carbocycles. The number of aliphatic carboxylic acids is 1. The fraction of sp³-hybridized carbons (Fsp3) is 0.727. The number of rotatable bonds is 7. The molecule has 2 unspecified atom stereocenters. The second-order valence-corrected chi connectivity index (χ2v) is 6.31. The highest BCUT2D eigenvalue weighted by Gasteiger charge is 2.24. The van der Waals surface area contributed by atoms with E-state index in [1.807, 2.05) is 0 Å². The molecule has 0 radical (unpaired) electrons. The lowest BCUT2D eigenvalue weighted by Gasteiger charge is -2.16. The van der Waals surface area contributed by atoms with Crippen molar-refractivity contribution in [3.8, 4) is 11.8 Å². The van der Waals surface area contributed by atoms with Crippen LogP contribution in [0.4, 0.5) is 0 Å². The molecule has 0 aromatic rings. The Hall–Kier alpha value is -0.780. The summed E-state index contributed by atoms with van der Waals surface area (Å²) in [4.78, 5) is 10.8. The minimum Gasteiger partial charge on any atom is -0.480 e. The third-order valence-corrected chi connectivity index (χ3v) is 4.85. The highest BCUT2D eigenvalue weighted by molar-refractivity contribution is 7.58. The maximum absolute atomic E-state index is 12.0. The van der Waals surface area contributed by atoms with Gasteiger partial charge in [-0.15, -0.1) is 5.92 Å². The Balaban J connectivity index is 4.42. The molecule has 92 valence electrons. The molecule has 0 heterocycles. The molecule has 0 aliphatic heterocycles. The molecule has 0 amide bonds. The molecule has 0 fully saturated rings. The van der Waals surface area contributed by atoms with E-state index in [1.165, 1.54) is 0 Å². The number of carboxylic acid groups (broad SMARTS) is 1. The van der Waals surface area contributed by atoms with Gasteiger partial charge in [0, 0.05) is 12.3 Å². The van der Waals surface area contributed by atoms with Gasteiger partial charge in [-0.2, -0.15) is 0 Å². The first-order valence-electron chi connectivity index (χ1n) is 5.36. The number of hydrogen-bond donors (Lipinski definition) is 1. The zero-order valence-electron chi connectivity index (χ0n) is 10.0. The van der Waals surface area contributed by atoms with E-state index in [0.717, 1.165) is 0 Å². The zero-order valence-corrected chi connectivity index (χ0v) is 10.9. The average molecular weight is 246 g/mol. The van der Waals surface area contributed by atoms with Crippen LogP contribution in [0, 0.1) is 17.8 Å². The fourth-order valence-electron chi connectivity index (χ4n) is 1.31. The van der Waals surface area contributed by atoms with Crippen molar-refractivity contribution in [1.29, 1.82) is 0 Å². The molecule has 16 heavy (non-hydrogen) atoms. The quantitative estimate of drug-likeness (QED) is 0.553. The molecule has 2 atom stereocenters. The molecule has 0 aromatic carbocycles. The van der Waals surface area contributed by atoms with Gasteiger partial charge in [-0.25, -0.2) is 0 Å². The second kappa shape index (κ2) is 7.49. The van der Waals surface area contributed by atoms with E-state index in [9.17, 15) is 9.36 Å². The first-order valence-corrected chi connectivity index (χ1v) is 7.36. The first kappa shape index (κ1) is 15.2. The third-order valence-electron chi connectivity index (χ3n) is 2.22. The van der Waals surface area contributed by atoms with Crippen molar-refractivity contribution in [2.24, 2.45) is 5.92 Å². The van der Waals surface area contributed by atoms with Crippen molar-refractivity contribution in [3.63, 3.8) is 0 Å². The van der Waals surface area contributed by atoms with Crippen LogP contribution in [0.1, 0.15) is 27.2 Å². The number of hydrogen-bond acceptors (Lipinski definition) is 3. The summed E-state index contributed by atoms with van der Waals surface area (Å²) in [5.41, 5.74) is 0. The van der Waals surface area contributed by atoms with Gasteiger partial charge in [0.1, 0.15) is 5.92 Å². The lowest BCUT2D eigenvalue weighted by molar-refractivity contribution is -0.139. The Morgan fingerprint density at radius 2 is 2.12 bits per heavy atom. The Bertz CT molecular complexity index is 327. The van der Waals surface area contributed by atoms with Crippen molar-refractivity contribution in [1.82, 2.24) is 0 Å². The number of carboxylic acids is 1. The van der Waals surface area contributed by atoms with E-state index in [0.29, 0.717) is 12.8 Å². The lowest BCUT2D eigenvalue weighted by atomic mass is 10.1. The Morgan fingerprint density at radius 1 is 1.50 bits per heavy atom. The average Bonchev–Trinajstić information content (AvgIpc) is 2.24. The van der Waals surface area contributed by atoms with E-state index in [1.54, 1.807) is 20.8 Å². The van der Waals surface area contributed by atoms with Crippen LogP contribution in [-0.4, -0.2) is 30.0 Å². The summed E-state index contributed by atoms with van der Waals surface area (Å²) in [7, 11) is -2.65. The van der Waals surface area contributed by atoms with Crippen molar-refractivity contribution >= 4 is 13.3 Å². The molecule has 4 nitrogen and oxygen atoms in total.